The van der Waals surface area contributed by atoms with Crippen molar-refractivity contribution < 1.29 is 9.90 Å². The molecule has 140 valence electrons. The van der Waals surface area contributed by atoms with Gasteiger partial charge in [0.2, 0.25) is 0 Å². The lowest BCUT2D eigenvalue weighted by Crippen LogP contribution is -2.49. The van der Waals surface area contributed by atoms with Crippen LogP contribution in [0, 0.1) is 0 Å². The van der Waals surface area contributed by atoms with Crippen LogP contribution in [0.2, 0.25) is 0 Å². The lowest BCUT2D eigenvalue weighted by Gasteiger charge is -2.38. The zero-order chi connectivity index (χ0) is 18.7. The van der Waals surface area contributed by atoms with Gasteiger partial charge in [-0.15, -0.1) is 0 Å². The molecule has 1 aliphatic heterocycles. The molecule has 1 atom stereocenters. The maximum absolute atomic E-state index is 13.0. The number of rotatable bonds is 5. The lowest BCUT2D eigenvalue weighted by atomic mass is 10.0. The van der Waals surface area contributed by atoms with Crippen LogP contribution in [0.1, 0.15) is 23.2 Å². The summed E-state index contributed by atoms with van der Waals surface area (Å²) >= 11 is 0. The van der Waals surface area contributed by atoms with Crippen LogP contribution >= 0.6 is 0 Å². The average Bonchev–Trinajstić information content (AvgIpc) is 2.66. The van der Waals surface area contributed by atoms with Gasteiger partial charge in [-0.25, -0.2) is 0 Å². The van der Waals surface area contributed by atoms with Crippen molar-refractivity contribution in [3.63, 3.8) is 0 Å². The number of hydrogen-bond acceptors (Lipinski definition) is 5. The summed E-state index contributed by atoms with van der Waals surface area (Å²) in [6.45, 7) is 3.40. The molecule has 0 unspecified atom stereocenters. The molecule has 0 aliphatic carbocycles. The predicted molar refractivity (Wildman–Crippen MR) is 104 cm³/mol. The number of nitrogens with zero attached hydrogens (tertiary/aromatic N) is 4. The Morgan fingerprint density at radius 1 is 1.27 bits per heavy atom. The van der Waals surface area contributed by atoms with E-state index in [0.29, 0.717) is 23.7 Å². The highest BCUT2D eigenvalue weighted by molar-refractivity contribution is 6.02. The van der Waals surface area contributed by atoms with E-state index in [2.05, 4.69) is 35.9 Å². The smallest absolute Gasteiger partial charge is 0.257 e. The third kappa shape index (κ3) is 3.97. The van der Waals surface area contributed by atoms with E-state index < -0.39 is 0 Å². The van der Waals surface area contributed by atoms with Crippen molar-refractivity contribution in [3.05, 3.63) is 36.0 Å². The molecule has 1 aromatic carbocycles. The Balaban J connectivity index is 1.74. The molecule has 0 bridgehead atoms. The molecule has 1 N–H and O–H groups in total. The first-order valence-electron chi connectivity index (χ1n) is 9.18. The van der Waals surface area contributed by atoms with Gasteiger partial charge in [0.15, 0.2) is 5.75 Å². The minimum atomic E-state index is -0.110. The highest BCUT2D eigenvalue weighted by Gasteiger charge is 2.28. The van der Waals surface area contributed by atoms with Gasteiger partial charge >= 0.3 is 0 Å². The third-order valence-electron chi connectivity index (χ3n) is 5.19. The number of benzene rings is 1. The summed E-state index contributed by atoms with van der Waals surface area (Å²) in [5.74, 6) is -0.128. The van der Waals surface area contributed by atoms with Crippen molar-refractivity contribution in [1.82, 2.24) is 19.7 Å². The van der Waals surface area contributed by atoms with Crippen LogP contribution < -0.4 is 0 Å². The molecule has 2 aromatic rings. The van der Waals surface area contributed by atoms with Gasteiger partial charge < -0.3 is 19.8 Å². The summed E-state index contributed by atoms with van der Waals surface area (Å²) in [6, 6.07) is 7.61. The maximum atomic E-state index is 13.0. The number of carbonyl (C=O) groups excluding carboxylic acids is 1. The number of amides is 1. The highest BCUT2D eigenvalue weighted by atomic mass is 16.3. The minimum Gasteiger partial charge on any atom is -0.505 e. The summed E-state index contributed by atoms with van der Waals surface area (Å²) in [4.78, 5) is 23.6. The molecule has 1 aromatic heterocycles. The lowest BCUT2D eigenvalue weighted by molar-refractivity contribution is 0.0601. The van der Waals surface area contributed by atoms with Crippen LogP contribution in [0.5, 0.6) is 5.75 Å². The zero-order valence-corrected chi connectivity index (χ0v) is 15.9. The van der Waals surface area contributed by atoms with E-state index in [1.807, 2.05) is 23.1 Å². The first kappa shape index (κ1) is 18.6. The van der Waals surface area contributed by atoms with Crippen LogP contribution in [0.4, 0.5) is 0 Å². The molecule has 3 rings (SSSR count). The first-order chi connectivity index (χ1) is 12.5. The number of likely N-dealkylation sites (N-methyl/N-ethyl adjacent to an activating group) is 2. The van der Waals surface area contributed by atoms with Gasteiger partial charge in [-0.2, -0.15) is 0 Å². The molecule has 26 heavy (non-hydrogen) atoms. The maximum Gasteiger partial charge on any atom is 0.257 e. The van der Waals surface area contributed by atoms with Gasteiger partial charge in [0.25, 0.3) is 5.91 Å². The third-order valence-corrected chi connectivity index (χ3v) is 5.19. The second-order valence-electron chi connectivity index (χ2n) is 7.37. The number of phenols is 1. The molecule has 0 radical (unpaired) electrons. The molecule has 2 heterocycles. The number of aromatic hydroxyl groups is 1. The second-order valence-corrected chi connectivity index (χ2v) is 7.37. The van der Waals surface area contributed by atoms with Crippen molar-refractivity contribution in [2.45, 2.75) is 18.9 Å². The van der Waals surface area contributed by atoms with E-state index in [0.717, 1.165) is 37.9 Å². The minimum absolute atomic E-state index is 0.0174. The Kier molecular flexibility index (Phi) is 5.74. The van der Waals surface area contributed by atoms with Crippen LogP contribution in [-0.4, -0.2) is 84.1 Å². The fourth-order valence-corrected chi connectivity index (χ4v) is 3.51. The Labute approximate surface area is 155 Å². The number of piperidine rings is 1. The average molecular weight is 356 g/mol. The Morgan fingerprint density at radius 3 is 2.85 bits per heavy atom. The largest absolute Gasteiger partial charge is 0.505 e. The fraction of sp³-hybridized carbons (Fsp3) is 0.500. The Morgan fingerprint density at radius 2 is 2.08 bits per heavy atom. The number of likely N-dealkylation sites (tertiary alicyclic amines) is 1. The predicted octanol–water partition coefficient (Wildman–Crippen LogP) is 2.04. The van der Waals surface area contributed by atoms with Crippen LogP contribution in [-0.2, 0) is 0 Å². The number of fused-ring (bicyclic) bond motifs is 1. The van der Waals surface area contributed by atoms with Crippen LogP contribution in [0.25, 0.3) is 10.9 Å². The monoisotopic (exact) mass is 356 g/mol. The van der Waals surface area contributed by atoms with Gasteiger partial charge in [0, 0.05) is 43.8 Å². The van der Waals surface area contributed by atoms with E-state index in [-0.39, 0.29) is 11.7 Å². The van der Waals surface area contributed by atoms with Gasteiger partial charge in [-0.05, 0) is 46.1 Å². The summed E-state index contributed by atoms with van der Waals surface area (Å²) in [5.41, 5.74) is 0.822. The van der Waals surface area contributed by atoms with Crippen molar-refractivity contribution in [2.75, 3.05) is 47.3 Å². The molecule has 0 spiro atoms. The Bertz CT molecular complexity index is 777. The van der Waals surface area contributed by atoms with E-state index in [1.165, 1.54) is 0 Å². The molecule has 0 saturated carbocycles. The van der Waals surface area contributed by atoms with Crippen molar-refractivity contribution >= 4 is 16.8 Å². The van der Waals surface area contributed by atoms with Crippen LogP contribution in [0.15, 0.2) is 30.5 Å². The highest BCUT2D eigenvalue weighted by Crippen LogP contribution is 2.28. The first-order valence-corrected chi connectivity index (χ1v) is 9.18. The molecular weight excluding hydrogens is 328 g/mol. The summed E-state index contributed by atoms with van der Waals surface area (Å²) in [7, 11) is 6.27. The number of hydrogen-bond donors (Lipinski definition) is 1. The zero-order valence-electron chi connectivity index (χ0n) is 15.9. The number of carbonyl (C=O) groups is 1. The topological polar surface area (TPSA) is 59.9 Å². The fourth-order valence-electron chi connectivity index (χ4n) is 3.51. The summed E-state index contributed by atoms with van der Waals surface area (Å²) in [5, 5.41) is 11.4. The van der Waals surface area contributed by atoms with Crippen LogP contribution in [0.3, 0.4) is 0 Å². The van der Waals surface area contributed by atoms with Gasteiger partial charge in [-0.3, -0.25) is 9.78 Å². The van der Waals surface area contributed by atoms with E-state index >= 15 is 0 Å². The van der Waals surface area contributed by atoms with Gasteiger partial charge in [0.1, 0.15) is 5.52 Å². The molecule has 1 aliphatic rings. The van der Waals surface area contributed by atoms with Gasteiger partial charge in [-0.1, -0.05) is 12.1 Å². The molecular formula is C20H28N4O2. The number of pyridine rings is 1. The van der Waals surface area contributed by atoms with E-state index in [4.69, 9.17) is 0 Å². The molecule has 6 heteroatoms. The van der Waals surface area contributed by atoms with E-state index in [9.17, 15) is 9.90 Å². The Hall–Kier alpha value is -2.18. The second kappa shape index (κ2) is 8.01. The van der Waals surface area contributed by atoms with Gasteiger partial charge in [0.05, 0.1) is 5.56 Å². The SMILES string of the molecule is CN(C)CCN(C)[C@H]1CCCN(C(=O)c2ccc3cccnc3c2O)C1. The molecule has 6 nitrogen and oxygen atoms in total. The van der Waals surface area contributed by atoms with Crippen molar-refractivity contribution in [3.8, 4) is 5.75 Å². The summed E-state index contributed by atoms with van der Waals surface area (Å²) in [6.07, 6.45) is 3.71. The molecule has 1 fully saturated rings. The van der Waals surface area contributed by atoms with Crippen molar-refractivity contribution in [1.29, 1.82) is 0 Å². The molecule has 1 saturated heterocycles. The standard InChI is InChI=1S/C20H28N4O2/c1-22(2)12-13-23(3)16-7-5-11-24(14-16)20(26)17-9-8-15-6-4-10-21-18(15)19(17)25/h4,6,8-10,16,25H,5,7,11-14H2,1-3H3/t16-/m0/s1. The quantitative estimate of drug-likeness (QED) is 0.888. The molecule has 1 amide bonds. The normalized spacial score (nSPS) is 18.0. The van der Waals surface area contributed by atoms with Crippen molar-refractivity contribution in [2.24, 2.45) is 0 Å². The number of phenolic OH excluding ortho intramolecular Hbond substituents is 1. The number of aromatic nitrogens is 1. The summed E-state index contributed by atoms with van der Waals surface area (Å²) < 4.78 is 0. The van der Waals surface area contributed by atoms with E-state index in [1.54, 1.807) is 12.3 Å².